The van der Waals surface area contributed by atoms with Gasteiger partial charge >= 0.3 is 0 Å². The lowest BCUT2D eigenvalue weighted by Gasteiger charge is -2.38. The summed E-state index contributed by atoms with van der Waals surface area (Å²) in [4.78, 5) is 13.0. The third-order valence-corrected chi connectivity index (χ3v) is 6.47. The molecule has 3 rings (SSSR count). The Labute approximate surface area is 178 Å². The minimum absolute atomic E-state index is 0.233. The van der Waals surface area contributed by atoms with E-state index in [9.17, 15) is 13.2 Å². The standard InChI is InChI=1S/C22H28N2O5S/c1-14-11-15(7-9-19(14)24(4)30(6,26)27)21(25)23-18-13-22(2,3)29-20-10-8-16(28-5)12-17(18)20/h7-12,18H,13H2,1-6H3,(H,23,25)/t18-/m1/s1. The highest BCUT2D eigenvalue weighted by Crippen LogP contribution is 2.41. The maximum absolute atomic E-state index is 13.0. The quantitative estimate of drug-likeness (QED) is 0.782. The van der Waals surface area contributed by atoms with Gasteiger partial charge in [-0.05, 0) is 62.7 Å². The number of nitrogens with one attached hydrogen (secondary N) is 1. The van der Waals surface area contributed by atoms with Crippen molar-refractivity contribution in [2.75, 3.05) is 24.7 Å². The van der Waals surface area contributed by atoms with E-state index in [0.717, 1.165) is 17.6 Å². The number of fused-ring (bicyclic) bond motifs is 1. The number of aryl methyl sites for hydroxylation is 1. The molecule has 0 spiro atoms. The number of nitrogens with zero attached hydrogens (tertiary/aromatic N) is 1. The lowest BCUT2D eigenvalue weighted by Crippen LogP contribution is -2.41. The summed E-state index contributed by atoms with van der Waals surface area (Å²) in [6.07, 6.45) is 1.75. The first kappa shape index (κ1) is 22.0. The fourth-order valence-electron chi connectivity index (χ4n) is 3.66. The molecule has 0 saturated carbocycles. The molecule has 7 nitrogen and oxygen atoms in total. The summed E-state index contributed by atoms with van der Waals surface area (Å²) in [6, 6.07) is 10.3. The van der Waals surface area contributed by atoms with E-state index in [1.54, 1.807) is 32.2 Å². The van der Waals surface area contributed by atoms with Crippen molar-refractivity contribution in [1.82, 2.24) is 5.32 Å². The molecule has 1 atom stereocenters. The number of carbonyl (C=O) groups is 1. The van der Waals surface area contributed by atoms with Crippen molar-refractivity contribution in [3.8, 4) is 11.5 Å². The summed E-state index contributed by atoms with van der Waals surface area (Å²) in [5.41, 5.74) is 2.14. The minimum Gasteiger partial charge on any atom is -0.497 e. The monoisotopic (exact) mass is 432 g/mol. The van der Waals surface area contributed by atoms with Crippen LogP contribution in [-0.2, 0) is 10.0 Å². The third kappa shape index (κ3) is 4.53. The molecule has 162 valence electrons. The average molecular weight is 433 g/mol. The highest BCUT2D eigenvalue weighted by Gasteiger charge is 2.35. The molecule has 0 bridgehead atoms. The van der Waals surface area contributed by atoms with E-state index in [2.05, 4.69) is 5.32 Å². The van der Waals surface area contributed by atoms with Crippen LogP contribution in [0, 0.1) is 6.92 Å². The van der Waals surface area contributed by atoms with Crippen molar-refractivity contribution >= 4 is 21.6 Å². The molecule has 0 aliphatic carbocycles. The van der Waals surface area contributed by atoms with Gasteiger partial charge in [-0.25, -0.2) is 8.42 Å². The van der Waals surface area contributed by atoms with Crippen LogP contribution in [0.2, 0.25) is 0 Å². The van der Waals surface area contributed by atoms with Crippen LogP contribution < -0.4 is 19.1 Å². The van der Waals surface area contributed by atoms with Gasteiger partial charge < -0.3 is 14.8 Å². The summed E-state index contributed by atoms with van der Waals surface area (Å²) in [7, 11) is -0.290. The molecule has 0 radical (unpaired) electrons. The zero-order valence-electron chi connectivity index (χ0n) is 18.1. The number of amides is 1. The number of ether oxygens (including phenoxy) is 2. The second-order valence-corrected chi connectivity index (χ2v) is 10.2. The highest BCUT2D eigenvalue weighted by atomic mass is 32.2. The zero-order valence-corrected chi connectivity index (χ0v) is 19.0. The molecule has 8 heteroatoms. The van der Waals surface area contributed by atoms with Crippen LogP contribution in [0.15, 0.2) is 36.4 Å². The Morgan fingerprint density at radius 3 is 2.53 bits per heavy atom. The van der Waals surface area contributed by atoms with Crippen molar-refractivity contribution in [3.63, 3.8) is 0 Å². The van der Waals surface area contributed by atoms with Crippen LogP contribution in [0.4, 0.5) is 5.69 Å². The van der Waals surface area contributed by atoms with Gasteiger partial charge in [0.2, 0.25) is 10.0 Å². The first-order chi connectivity index (χ1) is 13.9. The van der Waals surface area contributed by atoms with Gasteiger partial charge in [0.05, 0.1) is 25.1 Å². The van der Waals surface area contributed by atoms with E-state index < -0.39 is 15.6 Å². The number of methoxy groups -OCH3 is 1. The number of benzene rings is 2. The molecular formula is C22H28N2O5S. The number of anilines is 1. The van der Waals surface area contributed by atoms with Gasteiger partial charge in [-0.3, -0.25) is 9.10 Å². The summed E-state index contributed by atoms with van der Waals surface area (Å²) >= 11 is 0. The van der Waals surface area contributed by atoms with E-state index in [4.69, 9.17) is 9.47 Å². The molecule has 2 aromatic carbocycles. The van der Waals surface area contributed by atoms with Crippen molar-refractivity contribution in [2.45, 2.75) is 38.8 Å². The maximum Gasteiger partial charge on any atom is 0.251 e. The molecule has 1 aliphatic rings. The Morgan fingerprint density at radius 2 is 1.93 bits per heavy atom. The molecular weight excluding hydrogens is 404 g/mol. The molecule has 1 heterocycles. The van der Waals surface area contributed by atoms with Crippen LogP contribution in [0.1, 0.15) is 47.8 Å². The van der Waals surface area contributed by atoms with Crippen molar-refractivity contribution in [3.05, 3.63) is 53.1 Å². The van der Waals surface area contributed by atoms with Gasteiger partial charge in [0.15, 0.2) is 0 Å². The molecule has 1 aliphatic heterocycles. The predicted molar refractivity (Wildman–Crippen MR) is 117 cm³/mol. The first-order valence-electron chi connectivity index (χ1n) is 9.63. The van der Waals surface area contributed by atoms with E-state index >= 15 is 0 Å². The molecule has 0 aromatic heterocycles. The number of hydrogen-bond donors (Lipinski definition) is 1. The number of rotatable bonds is 5. The third-order valence-electron chi connectivity index (χ3n) is 5.28. The number of hydrogen-bond acceptors (Lipinski definition) is 5. The second kappa shape index (κ2) is 7.83. The van der Waals surface area contributed by atoms with Gasteiger partial charge in [0, 0.05) is 24.6 Å². The normalized spacial score (nSPS) is 17.5. The molecule has 2 aromatic rings. The molecule has 1 amide bonds. The largest absolute Gasteiger partial charge is 0.497 e. The molecule has 1 N–H and O–H groups in total. The fourth-order valence-corrected chi connectivity index (χ4v) is 4.22. The van der Waals surface area contributed by atoms with Crippen molar-refractivity contribution in [1.29, 1.82) is 0 Å². The van der Waals surface area contributed by atoms with E-state index in [1.807, 2.05) is 32.0 Å². The van der Waals surface area contributed by atoms with E-state index in [0.29, 0.717) is 29.0 Å². The van der Waals surface area contributed by atoms with Crippen LogP contribution in [-0.4, -0.2) is 40.3 Å². The number of carbonyl (C=O) groups excluding carboxylic acids is 1. The Balaban J connectivity index is 1.88. The first-order valence-corrected chi connectivity index (χ1v) is 11.5. The van der Waals surface area contributed by atoms with Crippen molar-refractivity contribution in [2.24, 2.45) is 0 Å². The Morgan fingerprint density at radius 1 is 1.23 bits per heavy atom. The maximum atomic E-state index is 13.0. The van der Waals surface area contributed by atoms with Crippen LogP contribution in [0.25, 0.3) is 0 Å². The van der Waals surface area contributed by atoms with Gasteiger partial charge in [-0.15, -0.1) is 0 Å². The number of sulfonamides is 1. The minimum atomic E-state index is -3.38. The van der Waals surface area contributed by atoms with Gasteiger partial charge in [0.1, 0.15) is 17.1 Å². The highest BCUT2D eigenvalue weighted by molar-refractivity contribution is 7.92. The fraction of sp³-hybridized carbons (Fsp3) is 0.409. The Bertz CT molecular complexity index is 1080. The lowest BCUT2D eigenvalue weighted by atomic mass is 9.89. The smallest absolute Gasteiger partial charge is 0.251 e. The summed E-state index contributed by atoms with van der Waals surface area (Å²) in [6.45, 7) is 5.75. The summed E-state index contributed by atoms with van der Waals surface area (Å²) in [5.74, 6) is 1.18. The van der Waals surface area contributed by atoms with Gasteiger partial charge in [-0.2, -0.15) is 0 Å². The van der Waals surface area contributed by atoms with E-state index in [1.165, 1.54) is 11.4 Å². The van der Waals surface area contributed by atoms with Crippen LogP contribution in [0.5, 0.6) is 11.5 Å². The Kier molecular flexibility index (Phi) is 5.73. The zero-order chi connectivity index (χ0) is 22.3. The van der Waals surface area contributed by atoms with Crippen LogP contribution >= 0.6 is 0 Å². The summed E-state index contributed by atoms with van der Waals surface area (Å²) < 4.78 is 36.2. The summed E-state index contributed by atoms with van der Waals surface area (Å²) in [5, 5.41) is 3.10. The SMILES string of the molecule is COc1ccc2c(c1)[C@H](NC(=O)c1ccc(N(C)S(C)(=O)=O)c(C)c1)CC(C)(C)O2. The molecule has 0 saturated heterocycles. The molecule has 0 unspecified atom stereocenters. The van der Waals surface area contributed by atoms with Gasteiger partial charge in [-0.1, -0.05) is 0 Å². The van der Waals surface area contributed by atoms with Crippen molar-refractivity contribution < 1.29 is 22.7 Å². The molecule has 30 heavy (non-hydrogen) atoms. The average Bonchev–Trinajstić information content (AvgIpc) is 2.65. The van der Waals surface area contributed by atoms with E-state index in [-0.39, 0.29) is 11.9 Å². The second-order valence-electron chi connectivity index (χ2n) is 8.23. The topological polar surface area (TPSA) is 84.9 Å². The Hall–Kier alpha value is -2.74. The van der Waals surface area contributed by atoms with Gasteiger partial charge in [0.25, 0.3) is 5.91 Å². The lowest BCUT2D eigenvalue weighted by molar-refractivity contribution is 0.0618. The molecule has 0 fully saturated rings. The van der Waals surface area contributed by atoms with Crippen LogP contribution in [0.3, 0.4) is 0 Å². The predicted octanol–water partition coefficient (Wildman–Crippen LogP) is 3.43.